The van der Waals surface area contributed by atoms with Gasteiger partial charge in [0.15, 0.2) is 0 Å². The van der Waals surface area contributed by atoms with Crippen molar-refractivity contribution in [1.82, 2.24) is 15.0 Å². The number of hydrogen-bond donors (Lipinski definition) is 2. The van der Waals surface area contributed by atoms with Crippen molar-refractivity contribution in [2.24, 2.45) is 5.73 Å². The lowest BCUT2D eigenvalue weighted by atomic mass is 9.84. The minimum Gasteiger partial charge on any atom is -0.455 e. The zero-order valence-electron chi connectivity index (χ0n) is 22.1. The first-order valence-corrected chi connectivity index (χ1v) is 13.5. The Hall–Kier alpha value is -3.39. The van der Waals surface area contributed by atoms with Gasteiger partial charge in [0.1, 0.15) is 17.2 Å². The number of nitrogens with two attached hydrogens (primary N) is 1. The predicted octanol–water partition coefficient (Wildman–Crippen LogP) is 3.30. The fraction of sp³-hybridized carbons (Fsp3) is 0.440. The summed E-state index contributed by atoms with van der Waals surface area (Å²) in [6, 6.07) is 5.06. The molecule has 3 N–H and O–H groups in total. The molecular weight excluding hydrogens is 514 g/mol. The van der Waals surface area contributed by atoms with Crippen molar-refractivity contribution in [3.05, 3.63) is 47.4 Å². The molecule has 4 rings (SSSR count). The zero-order valence-corrected chi connectivity index (χ0v) is 22.9. The first-order valence-electron chi connectivity index (χ1n) is 11.9. The second-order valence-corrected chi connectivity index (χ2v) is 11.7. The van der Waals surface area contributed by atoms with E-state index in [4.69, 9.17) is 20.1 Å². The lowest BCUT2D eigenvalue weighted by molar-refractivity contribution is -0.0951. The molecule has 4 heterocycles. The summed E-state index contributed by atoms with van der Waals surface area (Å²) >= 11 is 0. The van der Waals surface area contributed by atoms with Gasteiger partial charge in [-0.2, -0.15) is 8.42 Å². The lowest BCUT2D eigenvalue weighted by Crippen LogP contribution is -2.39. The number of rotatable bonds is 9. The van der Waals surface area contributed by atoms with Gasteiger partial charge in [-0.25, -0.2) is 19.7 Å². The SMILES string of the molecule is CCS(=O)(=O)OOc1ncc([C@](C)(N)COC)c2cc(Nc3ccc4c(n3)[C@@H](C)C(C)(C)OC4=O)ncc12. The van der Waals surface area contributed by atoms with Crippen LogP contribution in [0.15, 0.2) is 30.6 Å². The van der Waals surface area contributed by atoms with Crippen molar-refractivity contribution in [1.29, 1.82) is 0 Å². The van der Waals surface area contributed by atoms with Gasteiger partial charge in [-0.3, -0.25) is 4.89 Å². The Morgan fingerprint density at radius 3 is 2.61 bits per heavy atom. The smallest absolute Gasteiger partial charge is 0.340 e. The second-order valence-electron chi connectivity index (χ2n) is 9.91. The average molecular weight is 546 g/mol. The van der Waals surface area contributed by atoms with E-state index in [-0.39, 0.29) is 24.2 Å². The molecule has 1 aliphatic heterocycles. The van der Waals surface area contributed by atoms with Crippen LogP contribution in [0.5, 0.6) is 5.88 Å². The van der Waals surface area contributed by atoms with Crippen LogP contribution < -0.4 is 15.9 Å². The van der Waals surface area contributed by atoms with E-state index in [1.165, 1.54) is 26.4 Å². The van der Waals surface area contributed by atoms with Crippen LogP contribution in [0.2, 0.25) is 0 Å². The van der Waals surface area contributed by atoms with Crippen LogP contribution in [-0.4, -0.2) is 54.4 Å². The molecule has 3 aromatic rings. The van der Waals surface area contributed by atoms with E-state index in [1.807, 2.05) is 20.8 Å². The van der Waals surface area contributed by atoms with Crippen molar-refractivity contribution >= 4 is 38.5 Å². The van der Waals surface area contributed by atoms with Crippen LogP contribution in [0, 0.1) is 0 Å². The molecule has 0 amide bonds. The van der Waals surface area contributed by atoms with Gasteiger partial charge in [0.05, 0.1) is 34.5 Å². The van der Waals surface area contributed by atoms with Crippen LogP contribution in [0.3, 0.4) is 0 Å². The molecular formula is C25H31N5O7S. The number of cyclic esters (lactones) is 1. The summed E-state index contributed by atoms with van der Waals surface area (Å²) in [4.78, 5) is 30.8. The number of nitrogens with zero attached hydrogens (tertiary/aromatic N) is 3. The van der Waals surface area contributed by atoms with Crippen molar-refractivity contribution in [2.75, 3.05) is 24.8 Å². The molecule has 0 fully saturated rings. The molecule has 0 unspecified atom stereocenters. The summed E-state index contributed by atoms with van der Waals surface area (Å²) in [5.74, 6) is -0.0115. The van der Waals surface area contributed by atoms with Gasteiger partial charge in [0, 0.05) is 31.0 Å². The van der Waals surface area contributed by atoms with Gasteiger partial charge in [-0.1, -0.05) is 11.3 Å². The van der Waals surface area contributed by atoms with E-state index in [0.29, 0.717) is 39.2 Å². The largest absolute Gasteiger partial charge is 0.455 e. The molecule has 0 aliphatic carbocycles. The Morgan fingerprint density at radius 1 is 1.18 bits per heavy atom. The molecule has 0 spiro atoms. The third-order valence-corrected chi connectivity index (χ3v) is 7.56. The summed E-state index contributed by atoms with van der Waals surface area (Å²) in [7, 11) is -2.35. The first-order chi connectivity index (χ1) is 17.8. The number of esters is 1. The van der Waals surface area contributed by atoms with Gasteiger partial charge in [-0.05, 0) is 51.3 Å². The predicted molar refractivity (Wildman–Crippen MR) is 140 cm³/mol. The molecule has 2 atom stereocenters. The van der Waals surface area contributed by atoms with Crippen molar-refractivity contribution < 1.29 is 31.9 Å². The maximum absolute atomic E-state index is 12.4. The maximum atomic E-state index is 12.4. The number of aromatic nitrogens is 3. The first kappa shape index (κ1) is 27.6. The van der Waals surface area contributed by atoms with Gasteiger partial charge in [-0.15, -0.1) is 0 Å². The highest BCUT2D eigenvalue weighted by Gasteiger charge is 2.40. The molecule has 0 saturated carbocycles. The molecule has 0 saturated heterocycles. The number of carbonyl (C=O) groups excluding carboxylic acids is 1. The standard InChI is InChI=1S/C25H31N5O7S/c1-7-38(32,33)37-36-22-17-11-27-20(10-16(17)18(12-28-22)25(5,26)13-34-6)29-19-9-8-15-21(30-19)14(2)24(3,4)35-23(15)31/h8-12,14H,7,13,26H2,1-6H3,(H,27,29,30)/t14-,25-/m1/s1. The van der Waals surface area contributed by atoms with E-state index in [2.05, 4.69) is 24.6 Å². The number of carbonyl (C=O) groups is 1. The quantitative estimate of drug-likeness (QED) is 0.229. The highest BCUT2D eigenvalue weighted by atomic mass is 32.2. The Balaban J connectivity index is 1.76. The highest BCUT2D eigenvalue weighted by molar-refractivity contribution is 7.86. The van der Waals surface area contributed by atoms with Crippen LogP contribution in [0.1, 0.15) is 62.2 Å². The van der Waals surface area contributed by atoms with Crippen molar-refractivity contribution in [3.63, 3.8) is 0 Å². The molecule has 1 aliphatic rings. The lowest BCUT2D eigenvalue weighted by Gasteiger charge is -2.36. The molecule has 12 nitrogen and oxygen atoms in total. The molecule has 13 heteroatoms. The second kappa shape index (κ2) is 10.1. The van der Waals surface area contributed by atoms with Crippen molar-refractivity contribution in [3.8, 4) is 5.88 Å². The molecule has 38 heavy (non-hydrogen) atoms. The minimum atomic E-state index is -3.89. The maximum Gasteiger partial charge on any atom is 0.340 e. The highest BCUT2D eigenvalue weighted by Crippen LogP contribution is 2.38. The van der Waals surface area contributed by atoms with Gasteiger partial charge in [0.25, 0.3) is 5.88 Å². The molecule has 0 aromatic carbocycles. The Labute approximate surface area is 220 Å². The van der Waals surface area contributed by atoms with E-state index in [0.717, 1.165) is 0 Å². The normalized spacial score (nSPS) is 18.4. The number of ether oxygens (including phenoxy) is 2. The fourth-order valence-electron chi connectivity index (χ4n) is 4.10. The number of anilines is 2. The Morgan fingerprint density at radius 2 is 1.92 bits per heavy atom. The summed E-state index contributed by atoms with van der Waals surface area (Å²) < 4.78 is 39.0. The number of nitrogens with one attached hydrogen (secondary N) is 1. The van der Waals surface area contributed by atoms with Gasteiger partial charge >= 0.3 is 16.1 Å². The van der Waals surface area contributed by atoms with E-state index >= 15 is 0 Å². The van der Waals surface area contributed by atoms with E-state index in [1.54, 1.807) is 25.1 Å². The Kier molecular flexibility index (Phi) is 7.32. The van der Waals surface area contributed by atoms with E-state index in [9.17, 15) is 13.2 Å². The van der Waals surface area contributed by atoms with Crippen LogP contribution in [0.25, 0.3) is 10.8 Å². The molecule has 204 valence electrons. The third kappa shape index (κ3) is 5.41. The number of fused-ring (bicyclic) bond motifs is 2. The van der Waals surface area contributed by atoms with Crippen LogP contribution in [-0.2, 0) is 29.5 Å². The number of hydrogen-bond acceptors (Lipinski definition) is 12. The molecule has 0 bridgehead atoms. The van der Waals surface area contributed by atoms with Crippen LogP contribution >= 0.6 is 0 Å². The summed E-state index contributed by atoms with van der Waals surface area (Å²) in [6.07, 6.45) is 2.95. The summed E-state index contributed by atoms with van der Waals surface area (Å²) in [5, 5.41) is 4.13. The monoisotopic (exact) mass is 545 g/mol. The Bertz CT molecular complexity index is 1490. The number of methoxy groups -OCH3 is 1. The molecule has 0 radical (unpaired) electrons. The topological polar surface area (TPSA) is 165 Å². The average Bonchev–Trinajstić information content (AvgIpc) is 2.85. The fourth-order valence-corrected chi connectivity index (χ4v) is 4.36. The molecule has 3 aromatic heterocycles. The minimum absolute atomic E-state index is 0.0884. The van der Waals surface area contributed by atoms with Crippen molar-refractivity contribution in [2.45, 2.75) is 51.7 Å². The van der Waals surface area contributed by atoms with Gasteiger partial charge in [0.2, 0.25) is 0 Å². The third-order valence-electron chi connectivity index (χ3n) is 6.57. The van der Waals surface area contributed by atoms with E-state index < -0.39 is 27.2 Å². The van der Waals surface area contributed by atoms with Crippen LogP contribution in [0.4, 0.5) is 11.6 Å². The summed E-state index contributed by atoms with van der Waals surface area (Å²) in [6.45, 7) is 9.05. The zero-order chi connectivity index (χ0) is 27.9. The number of pyridine rings is 3. The van der Waals surface area contributed by atoms with Gasteiger partial charge < -0.3 is 20.5 Å². The summed E-state index contributed by atoms with van der Waals surface area (Å²) in [5.41, 5.74) is 6.55.